The van der Waals surface area contributed by atoms with Crippen molar-refractivity contribution in [2.24, 2.45) is 10.9 Å². The van der Waals surface area contributed by atoms with Crippen LogP contribution in [0.15, 0.2) is 23.2 Å². The third-order valence-corrected chi connectivity index (χ3v) is 3.75. The van der Waals surface area contributed by atoms with Crippen molar-refractivity contribution in [1.82, 2.24) is 10.6 Å². The second-order valence-electron chi connectivity index (χ2n) is 5.95. The molecule has 1 aromatic carbocycles. The normalized spacial score (nSPS) is 21.3. The molecule has 1 atom stereocenters. The van der Waals surface area contributed by atoms with Gasteiger partial charge in [-0.2, -0.15) is 0 Å². The molecule has 0 amide bonds. The van der Waals surface area contributed by atoms with E-state index in [4.69, 9.17) is 4.74 Å². The zero-order valence-electron chi connectivity index (χ0n) is 12.3. The summed E-state index contributed by atoms with van der Waals surface area (Å²) in [5, 5.41) is 6.66. The molecule has 1 aliphatic carbocycles. The number of benzene rings is 1. The van der Waals surface area contributed by atoms with Crippen LogP contribution in [-0.2, 0) is 6.54 Å². The van der Waals surface area contributed by atoms with Gasteiger partial charge < -0.3 is 15.4 Å². The number of aryl methyl sites for hydroxylation is 1. The van der Waals surface area contributed by atoms with E-state index in [-0.39, 0.29) is 0 Å². The standard InChI is InChI=1S/C16H23N3O/c1-11-3-6-14(9-18-16-17-8-12(2)19-16)15(7-11)20-10-13-4-5-13/h3,6-7,12-13H,4-5,8-10H2,1-2H3,(H2,17,18,19). The van der Waals surface area contributed by atoms with E-state index in [0.29, 0.717) is 6.04 Å². The van der Waals surface area contributed by atoms with Crippen molar-refractivity contribution < 1.29 is 4.74 Å². The summed E-state index contributed by atoms with van der Waals surface area (Å²) < 4.78 is 5.98. The second kappa shape index (κ2) is 5.73. The highest BCUT2D eigenvalue weighted by atomic mass is 16.5. The maximum Gasteiger partial charge on any atom is 0.191 e. The van der Waals surface area contributed by atoms with E-state index in [0.717, 1.165) is 37.3 Å². The van der Waals surface area contributed by atoms with Gasteiger partial charge in [0, 0.05) is 18.2 Å². The van der Waals surface area contributed by atoms with Crippen molar-refractivity contribution >= 4 is 5.96 Å². The zero-order valence-corrected chi connectivity index (χ0v) is 12.3. The van der Waals surface area contributed by atoms with Gasteiger partial charge in [0.15, 0.2) is 5.96 Å². The summed E-state index contributed by atoms with van der Waals surface area (Å²) in [6.07, 6.45) is 2.63. The Kier molecular flexibility index (Phi) is 3.81. The van der Waals surface area contributed by atoms with Crippen molar-refractivity contribution in [3.63, 3.8) is 0 Å². The number of hydrogen-bond acceptors (Lipinski definition) is 4. The van der Waals surface area contributed by atoms with Crippen molar-refractivity contribution in [1.29, 1.82) is 0 Å². The molecule has 1 aromatic rings. The smallest absolute Gasteiger partial charge is 0.191 e. The van der Waals surface area contributed by atoms with Crippen molar-refractivity contribution in [2.45, 2.75) is 39.3 Å². The van der Waals surface area contributed by atoms with E-state index in [1.165, 1.54) is 24.0 Å². The van der Waals surface area contributed by atoms with Crippen LogP contribution in [0.2, 0.25) is 0 Å². The molecule has 4 nitrogen and oxygen atoms in total. The fraction of sp³-hybridized carbons (Fsp3) is 0.562. The first-order valence-corrected chi connectivity index (χ1v) is 7.48. The van der Waals surface area contributed by atoms with Gasteiger partial charge in [0.1, 0.15) is 5.75 Å². The lowest BCUT2D eigenvalue weighted by Crippen LogP contribution is -2.37. The third kappa shape index (κ3) is 3.44. The van der Waals surface area contributed by atoms with Crippen LogP contribution in [0.5, 0.6) is 5.75 Å². The lowest BCUT2D eigenvalue weighted by Gasteiger charge is -2.14. The molecule has 2 aliphatic rings. The van der Waals surface area contributed by atoms with Crippen LogP contribution in [0.3, 0.4) is 0 Å². The number of rotatable bonds is 5. The van der Waals surface area contributed by atoms with E-state index in [9.17, 15) is 0 Å². The summed E-state index contributed by atoms with van der Waals surface area (Å²) in [4.78, 5) is 4.42. The van der Waals surface area contributed by atoms with Gasteiger partial charge >= 0.3 is 0 Å². The fourth-order valence-corrected chi connectivity index (χ4v) is 2.27. The van der Waals surface area contributed by atoms with Crippen LogP contribution in [0.1, 0.15) is 30.9 Å². The third-order valence-electron chi connectivity index (χ3n) is 3.75. The maximum absolute atomic E-state index is 5.98. The van der Waals surface area contributed by atoms with Gasteiger partial charge in [-0.05, 0) is 44.2 Å². The van der Waals surface area contributed by atoms with Gasteiger partial charge in [-0.25, -0.2) is 0 Å². The minimum absolute atomic E-state index is 0.432. The van der Waals surface area contributed by atoms with Crippen molar-refractivity contribution in [3.05, 3.63) is 29.3 Å². The molecule has 1 aliphatic heterocycles. The lowest BCUT2D eigenvalue weighted by molar-refractivity contribution is 0.296. The predicted octanol–water partition coefficient (Wildman–Crippen LogP) is 2.22. The number of aliphatic imine (C=N–C) groups is 1. The van der Waals surface area contributed by atoms with Gasteiger partial charge in [-0.3, -0.25) is 4.99 Å². The highest BCUT2D eigenvalue weighted by molar-refractivity contribution is 5.81. The average Bonchev–Trinajstić information content (AvgIpc) is 3.17. The Balaban J connectivity index is 1.61. The van der Waals surface area contributed by atoms with Crippen LogP contribution >= 0.6 is 0 Å². The summed E-state index contributed by atoms with van der Waals surface area (Å²) >= 11 is 0. The Morgan fingerprint density at radius 1 is 1.40 bits per heavy atom. The lowest BCUT2D eigenvalue weighted by atomic mass is 10.1. The van der Waals surface area contributed by atoms with Crippen LogP contribution < -0.4 is 15.4 Å². The van der Waals surface area contributed by atoms with Crippen LogP contribution in [-0.4, -0.2) is 25.2 Å². The molecule has 1 fully saturated rings. The van der Waals surface area contributed by atoms with Gasteiger partial charge in [-0.1, -0.05) is 12.1 Å². The molecule has 1 unspecified atom stereocenters. The Labute approximate surface area is 120 Å². The van der Waals surface area contributed by atoms with Gasteiger partial charge in [0.25, 0.3) is 0 Å². The van der Waals surface area contributed by atoms with Crippen molar-refractivity contribution in [3.8, 4) is 5.75 Å². The van der Waals surface area contributed by atoms with Gasteiger partial charge in [-0.15, -0.1) is 0 Å². The molecule has 2 N–H and O–H groups in total. The van der Waals surface area contributed by atoms with E-state index in [1.807, 2.05) is 0 Å². The first-order valence-electron chi connectivity index (χ1n) is 7.48. The molecule has 4 heteroatoms. The molecule has 0 spiro atoms. The maximum atomic E-state index is 5.98. The highest BCUT2D eigenvalue weighted by Crippen LogP contribution is 2.30. The Hall–Kier alpha value is -1.71. The molecular formula is C16H23N3O. The minimum Gasteiger partial charge on any atom is -0.493 e. The van der Waals surface area contributed by atoms with Crippen LogP contribution in [0.4, 0.5) is 0 Å². The number of nitrogens with one attached hydrogen (secondary N) is 2. The molecule has 20 heavy (non-hydrogen) atoms. The van der Waals surface area contributed by atoms with Gasteiger partial charge in [0.2, 0.25) is 0 Å². The first kappa shape index (κ1) is 13.3. The second-order valence-corrected chi connectivity index (χ2v) is 5.95. The monoisotopic (exact) mass is 273 g/mol. The average molecular weight is 273 g/mol. The molecule has 0 radical (unpaired) electrons. The molecule has 0 aromatic heterocycles. The van der Waals surface area contributed by atoms with E-state index in [2.05, 4.69) is 47.7 Å². The van der Waals surface area contributed by atoms with E-state index >= 15 is 0 Å². The summed E-state index contributed by atoms with van der Waals surface area (Å²) in [7, 11) is 0. The Morgan fingerprint density at radius 2 is 2.25 bits per heavy atom. The van der Waals surface area contributed by atoms with Crippen molar-refractivity contribution in [2.75, 3.05) is 13.2 Å². The molecule has 1 saturated carbocycles. The quantitative estimate of drug-likeness (QED) is 0.864. The number of guanidine groups is 1. The topological polar surface area (TPSA) is 45.7 Å². The van der Waals surface area contributed by atoms with Crippen LogP contribution in [0, 0.1) is 12.8 Å². The number of nitrogens with zero attached hydrogens (tertiary/aromatic N) is 1. The Morgan fingerprint density at radius 3 is 2.95 bits per heavy atom. The summed E-state index contributed by atoms with van der Waals surface area (Å²) in [5.74, 6) is 2.68. The minimum atomic E-state index is 0.432. The number of ether oxygens (including phenoxy) is 1. The largest absolute Gasteiger partial charge is 0.493 e. The molecule has 0 saturated heterocycles. The molecular weight excluding hydrogens is 250 g/mol. The highest BCUT2D eigenvalue weighted by Gasteiger charge is 2.22. The SMILES string of the molecule is Cc1ccc(CNC2=NCC(C)N2)c(OCC2CC2)c1. The summed E-state index contributed by atoms with van der Waals surface area (Å²) in [5.41, 5.74) is 2.44. The molecule has 1 heterocycles. The molecule has 3 rings (SSSR count). The van der Waals surface area contributed by atoms with E-state index in [1.54, 1.807) is 0 Å². The number of hydrogen-bond donors (Lipinski definition) is 2. The van der Waals surface area contributed by atoms with E-state index < -0.39 is 0 Å². The molecule has 0 bridgehead atoms. The Bertz CT molecular complexity index is 508. The summed E-state index contributed by atoms with van der Waals surface area (Å²) in [6.45, 7) is 6.69. The first-order chi connectivity index (χ1) is 9.70. The zero-order chi connectivity index (χ0) is 13.9. The predicted molar refractivity (Wildman–Crippen MR) is 81.1 cm³/mol. The van der Waals surface area contributed by atoms with Crippen LogP contribution in [0.25, 0.3) is 0 Å². The molecule has 108 valence electrons. The van der Waals surface area contributed by atoms with Gasteiger partial charge in [0.05, 0.1) is 13.2 Å². The fourth-order valence-electron chi connectivity index (χ4n) is 2.27. The summed E-state index contributed by atoms with van der Waals surface area (Å²) in [6, 6.07) is 6.84.